The zero-order valence-electron chi connectivity index (χ0n) is 14.0. The zero-order valence-corrected chi connectivity index (χ0v) is 14.0. The average Bonchev–Trinajstić information content (AvgIpc) is 2.88. The predicted octanol–water partition coefficient (Wildman–Crippen LogP) is 2.34. The van der Waals surface area contributed by atoms with Crippen LogP contribution in [0.15, 0.2) is 30.6 Å². The Morgan fingerprint density at radius 2 is 2.17 bits per heavy atom. The lowest BCUT2D eigenvalue weighted by molar-refractivity contribution is -0.122. The highest BCUT2D eigenvalue weighted by molar-refractivity contribution is 6.12. The van der Waals surface area contributed by atoms with Crippen molar-refractivity contribution in [2.45, 2.75) is 27.2 Å². The number of amides is 1. The highest BCUT2D eigenvalue weighted by atomic mass is 16.2. The molecule has 2 aromatic rings. The van der Waals surface area contributed by atoms with Crippen LogP contribution in [0.1, 0.15) is 35.1 Å². The molecule has 0 aliphatic rings. The van der Waals surface area contributed by atoms with Gasteiger partial charge in [0, 0.05) is 29.7 Å². The first-order chi connectivity index (χ1) is 11.5. The Balaban J connectivity index is 2.37. The standard InChI is InChI=1S/C18H20N4O2/c1-4-7-21-18(24)16(10-19)17(23)15-9-12(2)22(13(15)3)14-6-5-8-20-11-14/h5-6,8-9,11,16H,4,7H2,1-3H3,(H,21,24). The first-order valence-corrected chi connectivity index (χ1v) is 7.82. The van der Waals surface area contributed by atoms with Crippen LogP contribution in [0.5, 0.6) is 0 Å². The number of nitrogens with zero attached hydrogens (tertiary/aromatic N) is 3. The molecule has 1 N–H and O–H groups in total. The number of Topliss-reactive ketones (excluding diaryl/α,β-unsaturated/α-hetero) is 1. The van der Waals surface area contributed by atoms with Gasteiger partial charge in [0.05, 0.1) is 18.0 Å². The molecule has 1 unspecified atom stereocenters. The van der Waals surface area contributed by atoms with Gasteiger partial charge in [-0.05, 0) is 38.5 Å². The van der Waals surface area contributed by atoms with Gasteiger partial charge in [0.15, 0.2) is 11.7 Å². The third-order valence-electron chi connectivity index (χ3n) is 3.80. The van der Waals surface area contributed by atoms with Crippen molar-refractivity contribution in [1.29, 1.82) is 5.26 Å². The number of hydrogen-bond donors (Lipinski definition) is 1. The highest BCUT2D eigenvalue weighted by Crippen LogP contribution is 2.22. The second-order valence-electron chi connectivity index (χ2n) is 5.55. The Bertz CT molecular complexity index is 787. The van der Waals surface area contributed by atoms with Crippen LogP contribution in [-0.4, -0.2) is 27.8 Å². The number of pyridine rings is 1. The van der Waals surface area contributed by atoms with Gasteiger partial charge in [0.2, 0.25) is 5.91 Å². The Kier molecular flexibility index (Phi) is 5.48. The van der Waals surface area contributed by atoms with Crippen LogP contribution >= 0.6 is 0 Å². The molecule has 2 aromatic heterocycles. The topological polar surface area (TPSA) is 87.8 Å². The van der Waals surface area contributed by atoms with Crippen LogP contribution < -0.4 is 5.32 Å². The van der Waals surface area contributed by atoms with Crippen molar-refractivity contribution in [1.82, 2.24) is 14.9 Å². The van der Waals surface area contributed by atoms with E-state index in [1.807, 2.05) is 36.6 Å². The number of carbonyl (C=O) groups is 2. The van der Waals surface area contributed by atoms with Crippen LogP contribution in [-0.2, 0) is 4.79 Å². The fourth-order valence-corrected chi connectivity index (χ4v) is 2.64. The van der Waals surface area contributed by atoms with Crippen molar-refractivity contribution in [2.24, 2.45) is 5.92 Å². The van der Waals surface area contributed by atoms with Crippen LogP contribution in [0.3, 0.4) is 0 Å². The third-order valence-corrected chi connectivity index (χ3v) is 3.80. The average molecular weight is 324 g/mol. The van der Waals surface area contributed by atoms with Gasteiger partial charge in [0.25, 0.3) is 0 Å². The minimum atomic E-state index is -1.33. The SMILES string of the molecule is CCCNC(=O)C(C#N)C(=O)c1cc(C)n(-c2cccnc2)c1C. The van der Waals surface area contributed by atoms with E-state index in [4.69, 9.17) is 0 Å². The molecule has 6 heteroatoms. The minimum Gasteiger partial charge on any atom is -0.355 e. The van der Waals surface area contributed by atoms with Gasteiger partial charge in [-0.25, -0.2) is 0 Å². The van der Waals surface area contributed by atoms with E-state index < -0.39 is 17.6 Å². The van der Waals surface area contributed by atoms with E-state index in [-0.39, 0.29) is 0 Å². The third kappa shape index (κ3) is 3.35. The smallest absolute Gasteiger partial charge is 0.245 e. The summed E-state index contributed by atoms with van der Waals surface area (Å²) in [4.78, 5) is 28.8. The van der Waals surface area contributed by atoms with Gasteiger partial charge in [-0.2, -0.15) is 5.26 Å². The molecule has 0 spiro atoms. The molecule has 0 aliphatic heterocycles. The van der Waals surface area contributed by atoms with E-state index in [1.54, 1.807) is 25.4 Å². The molecule has 124 valence electrons. The summed E-state index contributed by atoms with van der Waals surface area (Å²) in [6, 6.07) is 7.23. The molecule has 0 saturated carbocycles. The number of hydrogen-bond acceptors (Lipinski definition) is 4. The van der Waals surface area contributed by atoms with Crippen molar-refractivity contribution in [3.8, 4) is 11.8 Å². The fourth-order valence-electron chi connectivity index (χ4n) is 2.64. The summed E-state index contributed by atoms with van der Waals surface area (Å²) in [5.41, 5.74) is 2.74. The lowest BCUT2D eigenvalue weighted by atomic mass is 9.98. The summed E-state index contributed by atoms with van der Waals surface area (Å²) in [7, 11) is 0. The lowest BCUT2D eigenvalue weighted by Gasteiger charge is -2.11. The maximum atomic E-state index is 12.7. The predicted molar refractivity (Wildman–Crippen MR) is 89.8 cm³/mol. The molecule has 1 amide bonds. The number of aromatic nitrogens is 2. The van der Waals surface area contributed by atoms with Gasteiger partial charge < -0.3 is 9.88 Å². The molecule has 24 heavy (non-hydrogen) atoms. The van der Waals surface area contributed by atoms with E-state index in [0.717, 1.165) is 17.8 Å². The van der Waals surface area contributed by atoms with Crippen molar-refractivity contribution in [3.05, 3.63) is 47.5 Å². The van der Waals surface area contributed by atoms with Gasteiger partial charge >= 0.3 is 0 Å². The Hall–Kier alpha value is -2.94. The Morgan fingerprint density at radius 3 is 2.75 bits per heavy atom. The fraction of sp³-hybridized carbons (Fsp3) is 0.333. The monoisotopic (exact) mass is 324 g/mol. The molecule has 6 nitrogen and oxygen atoms in total. The molecule has 1 atom stereocenters. The quantitative estimate of drug-likeness (QED) is 0.652. The van der Waals surface area contributed by atoms with E-state index in [2.05, 4.69) is 10.3 Å². The van der Waals surface area contributed by atoms with Crippen LogP contribution in [0.2, 0.25) is 0 Å². The number of nitrogens with one attached hydrogen (secondary N) is 1. The van der Waals surface area contributed by atoms with Gasteiger partial charge in [-0.15, -0.1) is 0 Å². The van der Waals surface area contributed by atoms with Crippen molar-refractivity contribution >= 4 is 11.7 Å². The van der Waals surface area contributed by atoms with Gasteiger partial charge in [-0.1, -0.05) is 6.92 Å². The molecule has 0 aliphatic carbocycles. The van der Waals surface area contributed by atoms with Crippen molar-refractivity contribution in [2.75, 3.05) is 6.54 Å². The normalized spacial score (nSPS) is 11.6. The summed E-state index contributed by atoms with van der Waals surface area (Å²) in [6.45, 7) is 6.02. The summed E-state index contributed by atoms with van der Waals surface area (Å²) < 4.78 is 1.89. The largest absolute Gasteiger partial charge is 0.355 e. The van der Waals surface area contributed by atoms with E-state index in [9.17, 15) is 14.9 Å². The number of nitriles is 1. The molecular weight excluding hydrogens is 304 g/mol. The molecule has 2 rings (SSSR count). The first kappa shape index (κ1) is 17.4. The van der Waals surface area contributed by atoms with E-state index >= 15 is 0 Å². The van der Waals surface area contributed by atoms with Crippen molar-refractivity contribution in [3.63, 3.8) is 0 Å². The first-order valence-electron chi connectivity index (χ1n) is 7.82. The van der Waals surface area contributed by atoms with Crippen LogP contribution in [0.25, 0.3) is 5.69 Å². The van der Waals surface area contributed by atoms with E-state index in [1.165, 1.54) is 0 Å². The zero-order chi connectivity index (χ0) is 17.7. The summed E-state index contributed by atoms with van der Waals surface area (Å²) >= 11 is 0. The summed E-state index contributed by atoms with van der Waals surface area (Å²) in [5.74, 6) is -2.36. The lowest BCUT2D eigenvalue weighted by Crippen LogP contribution is -2.35. The molecule has 0 aromatic carbocycles. The van der Waals surface area contributed by atoms with Crippen LogP contribution in [0, 0.1) is 31.1 Å². The number of rotatable bonds is 6. The maximum Gasteiger partial charge on any atom is 0.245 e. The molecule has 0 saturated heterocycles. The van der Waals surface area contributed by atoms with Crippen LogP contribution in [0.4, 0.5) is 0 Å². The van der Waals surface area contributed by atoms with Crippen molar-refractivity contribution < 1.29 is 9.59 Å². The number of ketones is 1. The molecule has 0 radical (unpaired) electrons. The summed E-state index contributed by atoms with van der Waals surface area (Å²) in [6.07, 6.45) is 4.12. The second-order valence-corrected chi connectivity index (χ2v) is 5.55. The number of aryl methyl sites for hydroxylation is 1. The molecule has 0 bridgehead atoms. The molecule has 2 heterocycles. The Labute approximate surface area is 141 Å². The molecular formula is C18H20N4O2. The number of carbonyl (C=O) groups excluding carboxylic acids is 2. The van der Waals surface area contributed by atoms with E-state index in [0.29, 0.717) is 17.8 Å². The Morgan fingerprint density at radius 1 is 1.42 bits per heavy atom. The van der Waals surface area contributed by atoms with Gasteiger partial charge in [-0.3, -0.25) is 14.6 Å². The molecule has 0 fully saturated rings. The highest BCUT2D eigenvalue weighted by Gasteiger charge is 2.30. The second kappa shape index (κ2) is 7.55. The summed E-state index contributed by atoms with van der Waals surface area (Å²) in [5, 5.41) is 11.9. The minimum absolute atomic E-state index is 0.384. The maximum absolute atomic E-state index is 12.7. The van der Waals surface area contributed by atoms with Gasteiger partial charge in [0.1, 0.15) is 0 Å².